The van der Waals surface area contributed by atoms with Crippen molar-refractivity contribution in [2.75, 3.05) is 19.8 Å². The molecule has 1 aliphatic rings. The van der Waals surface area contributed by atoms with E-state index in [0.29, 0.717) is 12.1 Å². The van der Waals surface area contributed by atoms with E-state index in [2.05, 4.69) is 60.5 Å². The van der Waals surface area contributed by atoms with Crippen molar-refractivity contribution in [3.63, 3.8) is 0 Å². The number of hydrogen-bond acceptors (Lipinski definition) is 3. The van der Waals surface area contributed by atoms with E-state index in [9.17, 15) is 0 Å². The molecule has 24 heavy (non-hydrogen) atoms. The van der Waals surface area contributed by atoms with Crippen LogP contribution in [0.1, 0.15) is 51.4 Å². The maximum atomic E-state index is 4.75. The second-order valence-electron chi connectivity index (χ2n) is 7.15. The van der Waals surface area contributed by atoms with Crippen LogP contribution < -0.4 is 10.6 Å². The Balaban J connectivity index is 0.00000288. The van der Waals surface area contributed by atoms with E-state index in [0.717, 1.165) is 31.8 Å². The zero-order chi connectivity index (χ0) is 17.0. The SMILES string of the molecule is CN=C(NCC(C)(C)SC)NC1CCc2cn(C(C)C)nc2C1.I. The van der Waals surface area contributed by atoms with Crippen molar-refractivity contribution >= 4 is 41.7 Å². The number of thioether (sulfide) groups is 1. The maximum Gasteiger partial charge on any atom is 0.191 e. The van der Waals surface area contributed by atoms with Crippen molar-refractivity contribution in [2.24, 2.45) is 4.99 Å². The molecule has 0 aliphatic heterocycles. The number of aliphatic imine (C=N–C) groups is 1. The summed E-state index contributed by atoms with van der Waals surface area (Å²) in [6, 6.07) is 0.830. The molecule has 0 fully saturated rings. The van der Waals surface area contributed by atoms with E-state index < -0.39 is 0 Å². The number of halogens is 1. The number of fused-ring (bicyclic) bond motifs is 1. The minimum absolute atomic E-state index is 0. The molecule has 2 rings (SSSR count). The summed E-state index contributed by atoms with van der Waals surface area (Å²) in [5, 5.41) is 11.8. The van der Waals surface area contributed by atoms with Crippen LogP contribution in [0.15, 0.2) is 11.2 Å². The third kappa shape index (κ3) is 5.82. The summed E-state index contributed by atoms with van der Waals surface area (Å²) in [4.78, 5) is 4.37. The molecule has 1 atom stereocenters. The average molecular weight is 465 g/mol. The Hall–Kier alpha value is -0.440. The minimum Gasteiger partial charge on any atom is -0.355 e. The second-order valence-corrected chi connectivity index (χ2v) is 8.66. The number of nitrogens with zero attached hydrogens (tertiary/aromatic N) is 3. The van der Waals surface area contributed by atoms with E-state index >= 15 is 0 Å². The van der Waals surface area contributed by atoms with Crippen LogP contribution in [0.5, 0.6) is 0 Å². The highest BCUT2D eigenvalue weighted by molar-refractivity contribution is 14.0. The van der Waals surface area contributed by atoms with Crippen molar-refractivity contribution < 1.29 is 0 Å². The number of aromatic nitrogens is 2. The lowest BCUT2D eigenvalue weighted by molar-refractivity contribution is 0.498. The van der Waals surface area contributed by atoms with Crippen LogP contribution in [-0.2, 0) is 12.8 Å². The standard InChI is InChI=1S/C17H31N5S.HI/c1-12(2)22-10-13-7-8-14(9-15(13)21-22)20-16(18-5)19-11-17(3,4)23-6;/h10,12,14H,7-9,11H2,1-6H3,(H2,18,19,20);1H. The molecule has 1 heterocycles. The first-order valence-corrected chi connectivity index (χ1v) is 9.66. The summed E-state index contributed by atoms with van der Waals surface area (Å²) in [6.45, 7) is 9.72. The zero-order valence-electron chi connectivity index (χ0n) is 15.7. The lowest BCUT2D eigenvalue weighted by atomic mass is 9.94. The highest BCUT2D eigenvalue weighted by Gasteiger charge is 2.23. The van der Waals surface area contributed by atoms with Crippen molar-refractivity contribution in [3.05, 3.63) is 17.5 Å². The van der Waals surface area contributed by atoms with Gasteiger partial charge in [-0.05, 0) is 52.4 Å². The molecular weight excluding hydrogens is 433 g/mol. The van der Waals surface area contributed by atoms with Gasteiger partial charge in [0.05, 0.1) is 5.69 Å². The van der Waals surface area contributed by atoms with Crippen LogP contribution in [0, 0.1) is 0 Å². The zero-order valence-corrected chi connectivity index (χ0v) is 18.9. The first-order valence-electron chi connectivity index (χ1n) is 8.44. The van der Waals surface area contributed by atoms with E-state index in [1.807, 2.05) is 18.8 Å². The van der Waals surface area contributed by atoms with Gasteiger partial charge in [-0.15, -0.1) is 24.0 Å². The van der Waals surface area contributed by atoms with Crippen LogP contribution in [-0.4, -0.2) is 46.4 Å². The van der Waals surface area contributed by atoms with E-state index in [-0.39, 0.29) is 28.7 Å². The lowest BCUT2D eigenvalue weighted by Crippen LogP contribution is -2.48. The molecule has 5 nitrogen and oxygen atoms in total. The van der Waals surface area contributed by atoms with Gasteiger partial charge in [-0.25, -0.2) is 0 Å². The van der Waals surface area contributed by atoms with Gasteiger partial charge in [-0.3, -0.25) is 9.67 Å². The predicted octanol–water partition coefficient (Wildman–Crippen LogP) is 3.25. The minimum atomic E-state index is 0. The van der Waals surface area contributed by atoms with Gasteiger partial charge in [0.2, 0.25) is 0 Å². The molecule has 1 aromatic rings. The smallest absolute Gasteiger partial charge is 0.191 e. The Bertz CT molecular complexity index is 553. The van der Waals surface area contributed by atoms with Gasteiger partial charge < -0.3 is 10.6 Å². The largest absolute Gasteiger partial charge is 0.355 e. The quantitative estimate of drug-likeness (QED) is 0.398. The highest BCUT2D eigenvalue weighted by atomic mass is 127. The van der Waals surface area contributed by atoms with Crippen molar-refractivity contribution in [2.45, 2.75) is 63.8 Å². The molecule has 0 bridgehead atoms. The molecule has 7 heteroatoms. The van der Waals surface area contributed by atoms with Crippen molar-refractivity contribution in [3.8, 4) is 0 Å². The fourth-order valence-electron chi connectivity index (χ4n) is 2.66. The first-order chi connectivity index (χ1) is 10.8. The number of hydrogen-bond donors (Lipinski definition) is 2. The molecule has 0 saturated carbocycles. The molecule has 0 amide bonds. The van der Waals surface area contributed by atoms with Crippen LogP contribution >= 0.6 is 35.7 Å². The number of guanidine groups is 1. The summed E-state index contributed by atoms with van der Waals surface area (Å²) in [7, 11) is 1.84. The summed E-state index contributed by atoms with van der Waals surface area (Å²) in [5.41, 5.74) is 2.64. The monoisotopic (exact) mass is 465 g/mol. The van der Waals surface area contributed by atoms with Gasteiger partial charge in [-0.1, -0.05) is 0 Å². The first kappa shape index (κ1) is 21.6. The Morgan fingerprint density at radius 1 is 1.50 bits per heavy atom. The van der Waals surface area contributed by atoms with Crippen LogP contribution in [0.2, 0.25) is 0 Å². The van der Waals surface area contributed by atoms with Gasteiger partial charge in [0.15, 0.2) is 5.96 Å². The van der Waals surface area contributed by atoms with Gasteiger partial charge in [0, 0.05) is 43.0 Å². The molecule has 0 radical (unpaired) electrons. The average Bonchev–Trinajstić information content (AvgIpc) is 2.95. The molecule has 1 aromatic heterocycles. The normalized spacial score (nSPS) is 18.1. The molecule has 0 aromatic carbocycles. The third-order valence-corrected chi connectivity index (χ3v) is 5.67. The molecule has 2 N–H and O–H groups in total. The van der Waals surface area contributed by atoms with E-state index in [1.165, 1.54) is 11.3 Å². The Labute approximate surface area is 167 Å². The van der Waals surface area contributed by atoms with Crippen molar-refractivity contribution in [1.29, 1.82) is 0 Å². The number of rotatable bonds is 5. The van der Waals surface area contributed by atoms with E-state index in [1.54, 1.807) is 0 Å². The summed E-state index contributed by atoms with van der Waals surface area (Å²) in [6.07, 6.45) is 7.55. The van der Waals surface area contributed by atoms with E-state index in [4.69, 9.17) is 5.10 Å². The van der Waals surface area contributed by atoms with Gasteiger partial charge in [-0.2, -0.15) is 16.9 Å². The topological polar surface area (TPSA) is 54.2 Å². The van der Waals surface area contributed by atoms with Crippen molar-refractivity contribution in [1.82, 2.24) is 20.4 Å². The predicted molar refractivity (Wildman–Crippen MR) is 116 cm³/mol. The number of nitrogens with one attached hydrogen (secondary N) is 2. The Morgan fingerprint density at radius 3 is 2.79 bits per heavy atom. The fourth-order valence-corrected chi connectivity index (χ4v) is 2.87. The molecule has 1 aliphatic carbocycles. The van der Waals surface area contributed by atoms with Crippen LogP contribution in [0.4, 0.5) is 0 Å². The summed E-state index contributed by atoms with van der Waals surface area (Å²) in [5.74, 6) is 0.892. The maximum absolute atomic E-state index is 4.75. The summed E-state index contributed by atoms with van der Waals surface area (Å²) >= 11 is 1.86. The molecule has 0 spiro atoms. The lowest BCUT2D eigenvalue weighted by Gasteiger charge is -2.27. The Kier molecular flexibility index (Phi) is 8.38. The fraction of sp³-hybridized carbons (Fsp3) is 0.765. The molecule has 138 valence electrons. The Morgan fingerprint density at radius 2 is 2.21 bits per heavy atom. The second kappa shape index (κ2) is 9.31. The molecule has 1 unspecified atom stereocenters. The number of aryl methyl sites for hydroxylation is 1. The van der Waals surface area contributed by atoms with Gasteiger partial charge in [0.1, 0.15) is 0 Å². The van der Waals surface area contributed by atoms with Crippen LogP contribution in [0.25, 0.3) is 0 Å². The molecular formula is C17H32IN5S. The van der Waals surface area contributed by atoms with Crippen LogP contribution in [0.3, 0.4) is 0 Å². The highest BCUT2D eigenvalue weighted by Crippen LogP contribution is 2.22. The van der Waals surface area contributed by atoms with Gasteiger partial charge >= 0.3 is 0 Å². The third-order valence-electron chi connectivity index (χ3n) is 4.42. The molecule has 0 saturated heterocycles. The summed E-state index contributed by atoms with van der Waals surface area (Å²) < 4.78 is 2.29. The van der Waals surface area contributed by atoms with Gasteiger partial charge in [0.25, 0.3) is 0 Å².